The Bertz CT molecular complexity index is 584. The second-order valence-electron chi connectivity index (χ2n) is 5.50. The summed E-state index contributed by atoms with van der Waals surface area (Å²) in [7, 11) is -1.53. The molecule has 112 valence electrons. The topological polar surface area (TPSA) is 61.4 Å². The zero-order valence-corrected chi connectivity index (χ0v) is 13.3. The summed E-state index contributed by atoms with van der Waals surface area (Å²) in [6.45, 7) is 6.25. The molecule has 6 heteroatoms. The first-order valence-corrected chi connectivity index (χ1v) is 8.39. The predicted octanol–water partition coefficient (Wildman–Crippen LogP) is 1.57. The third-order valence-corrected chi connectivity index (χ3v) is 5.29. The van der Waals surface area contributed by atoms with Crippen molar-refractivity contribution in [1.29, 1.82) is 0 Å². The lowest BCUT2D eigenvalue weighted by molar-refractivity contribution is 0.566. The van der Waals surface area contributed by atoms with E-state index in [9.17, 15) is 8.42 Å². The fourth-order valence-electron chi connectivity index (χ4n) is 2.44. The Balaban J connectivity index is 2.30. The Labute approximate surface area is 121 Å². The molecule has 0 aromatic heterocycles. The minimum absolute atomic E-state index is 0.104. The van der Waals surface area contributed by atoms with Gasteiger partial charge in [0.15, 0.2) is 0 Å². The molecule has 0 bridgehead atoms. The molecular formula is C14H23N3O2S. The molecule has 1 aromatic rings. The first-order valence-electron chi connectivity index (χ1n) is 6.95. The van der Waals surface area contributed by atoms with Crippen LogP contribution in [0.2, 0.25) is 0 Å². The number of fused-ring (bicyclic) bond motifs is 1. The van der Waals surface area contributed by atoms with E-state index >= 15 is 0 Å². The lowest BCUT2D eigenvalue weighted by atomic mass is 10.0. The highest BCUT2D eigenvalue weighted by Crippen LogP contribution is 2.32. The summed E-state index contributed by atoms with van der Waals surface area (Å²) in [5.41, 5.74) is 3.08. The van der Waals surface area contributed by atoms with Crippen molar-refractivity contribution in [2.24, 2.45) is 0 Å². The van der Waals surface area contributed by atoms with Crippen LogP contribution in [0.4, 0.5) is 5.69 Å². The SMILES string of the molecule is CNC(C)c1ccc2c(c1)CCN2S(=O)(=O)NC(C)C. The van der Waals surface area contributed by atoms with E-state index in [2.05, 4.69) is 23.0 Å². The van der Waals surface area contributed by atoms with Crippen molar-refractivity contribution in [3.63, 3.8) is 0 Å². The van der Waals surface area contributed by atoms with Crippen LogP contribution in [-0.4, -0.2) is 28.1 Å². The number of nitrogens with one attached hydrogen (secondary N) is 2. The maximum Gasteiger partial charge on any atom is 0.301 e. The quantitative estimate of drug-likeness (QED) is 0.867. The van der Waals surface area contributed by atoms with Crippen molar-refractivity contribution < 1.29 is 8.42 Å². The number of rotatable bonds is 5. The van der Waals surface area contributed by atoms with Crippen LogP contribution in [0.15, 0.2) is 18.2 Å². The molecule has 0 spiro atoms. The Morgan fingerprint density at radius 1 is 1.25 bits per heavy atom. The molecule has 5 nitrogen and oxygen atoms in total. The predicted molar refractivity (Wildman–Crippen MR) is 82.2 cm³/mol. The minimum atomic E-state index is -3.44. The molecule has 20 heavy (non-hydrogen) atoms. The monoisotopic (exact) mass is 297 g/mol. The largest absolute Gasteiger partial charge is 0.313 e. The van der Waals surface area contributed by atoms with Crippen LogP contribution >= 0.6 is 0 Å². The number of hydrogen-bond donors (Lipinski definition) is 2. The van der Waals surface area contributed by atoms with E-state index in [1.807, 2.05) is 33.0 Å². The van der Waals surface area contributed by atoms with Gasteiger partial charge >= 0.3 is 10.2 Å². The van der Waals surface area contributed by atoms with Crippen LogP contribution in [0, 0.1) is 0 Å². The van der Waals surface area contributed by atoms with Gasteiger partial charge in [0.1, 0.15) is 0 Å². The Kier molecular flexibility index (Phi) is 4.36. The lowest BCUT2D eigenvalue weighted by Crippen LogP contribution is -2.42. The molecule has 1 aliphatic heterocycles. The van der Waals surface area contributed by atoms with Crippen molar-refractivity contribution in [2.45, 2.75) is 39.3 Å². The summed E-state index contributed by atoms with van der Waals surface area (Å²) >= 11 is 0. The van der Waals surface area contributed by atoms with Crippen LogP contribution in [0.1, 0.15) is 37.9 Å². The van der Waals surface area contributed by atoms with Crippen LogP contribution in [0.3, 0.4) is 0 Å². The van der Waals surface area contributed by atoms with Gasteiger partial charge < -0.3 is 5.32 Å². The molecule has 2 N–H and O–H groups in total. The minimum Gasteiger partial charge on any atom is -0.313 e. The summed E-state index contributed by atoms with van der Waals surface area (Å²) in [6.07, 6.45) is 0.763. The van der Waals surface area contributed by atoms with Gasteiger partial charge in [0.25, 0.3) is 0 Å². The van der Waals surface area contributed by atoms with E-state index in [1.165, 1.54) is 9.87 Å². The van der Waals surface area contributed by atoms with Gasteiger partial charge in [0.05, 0.1) is 5.69 Å². The molecular weight excluding hydrogens is 274 g/mol. The van der Waals surface area contributed by atoms with Gasteiger partial charge in [-0.05, 0) is 51.4 Å². The molecule has 1 atom stereocenters. The summed E-state index contributed by atoms with van der Waals surface area (Å²) in [5, 5.41) is 3.20. The average molecular weight is 297 g/mol. The zero-order chi connectivity index (χ0) is 14.9. The molecule has 1 aromatic carbocycles. The third kappa shape index (κ3) is 2.97. The average Bonchev–Trinajstić information content (AvgIpc) is 2.79. The molecule has 1 aliphatic rings. The lowest BCUT2D eigenvalue weighted by Gasteiger charge is -2.22. The van der Waals surface area contributed by atoms with Crippen LogP contribution in [0.25, 0.3) is 0 Å². The number of nitrogens with zero attached hydrogens (tertiary/aromatic N) is 1. The van der Waals surface area contributed by atoms with Crippen LogP contribution in [-0.2, 0) is 16.6 Å². The first-order chi connectivity index (χ1) is 9.35. The number of anilines is 1. The van der Waals surface area contributed by atoms with E-state index in [4.69, 9.17) is 0 Å². The smallest absolute Gasteiger partial charge is 0.301 e. The highest BCUT2D eigenvalue weighted by atomic mass is 32.2. The summed E-state index contributed by atoms with van der Waals surface area (Å²) in [5.74, 6) is 0. The van der Waals surface area contributed by atoms with E-state index < -0.39 is 10.2 Å². The van der Waals surface area contributed by atoms with Crippen molar-refractivity contribution in [3.8, 4) is 0 Å². The van der Waals surface area contributed by atoms with Gasteiger partial charge in [0, 0.05) is 18.6 Å². The molecule has 0 aliphatic carbocycles. The van der Waals surface area contributed by atoms with E-state index in [0.29, 0.717) is 6.54 Å². The van der Waals surface area contributed by atoms with Gasteiger partial charge in [-0.2, -0.15) is 13.1 Å². The molecule has 0 fully saturated rings. The van der Waals surface area contributed by atoms with Gasteiger partial charge in [0.2, 0.25) is 0 Å². The molecule has 0 amide bonds. The van der Waals surface area contributed by atoms with Gasteiger partial charge in [-0.1, -0.05) is 12.1 Å². The molecule has 1 heterocycles. The van der Waals surface area contributed by atoms with Crippen molar-refractivity contribution >= 4 is 15.9 Å². The van der Waals surface area contributed by atoms with E-state index in [1.54, 1.807) is 0 Å². The van der Waals surface area contributed by atoms with Crippen molar-refractivity contribution in [2.75, 3.05) is 17.9 Å². The number of hydrogen-bond acceptors (Lipinski definition) is 3. The normalized spacial score (nSPS) is 16.6. The second-order valence-corrected chi connectivity index (χ2v) is 7.12. The zero-order valence-electron chi connectivity index (χ0n) is 12.5. The number of benzene rings is 1. The van der Waals surface area contributed by atoms with E-state index in [0.717, 1.165) is 17.7 Å². The summed E-state index contributed by atoms with van der Waals surface area (Å²) in [4.78, 5) is 0. The molecule has 0 radical (unpaired) electrons. The van der Waals surface area contributed by atoms with Crippen LogP contribution < -0.4 is 14.3 Å². The molecule has 2 rings (SSSR count). The highest BCUT2D eigenvalue weighted by Gasteiger charge is 2.29. The van der Waals surface area contributed by atoms with Gasteiger partial charge in [-0.3, -0.25) is 4.31 Å². The summed E-state index contributed by atoms with van der Waals surface area (Å²) in [6, 6.07) is 6.16. The second kappa shape index (κ2) is 5.71. The van der Waals surface area contributed by atoms with Gasteiger partial charge in [-0.15, -0.1) is 0 Å². The van der Waals surface area contributed by atoms with Crippen molar-refractivity contribution in [1.82, 2.24) is 10.0 Å². The standard InChI is InChI=1S/C14H23N3O2S/c1-10(2)16-20(18,19)17-8-7-13-9-12(11(3)15-4)5-6-14(13)17/h5-6,9-11,15-16H,7-8H2,1-4H3. The van der Waals surface area contributed by atoms with Crippen molar-refractivity contribution in [3.05, 3.63) is 29.3 Å². The maximum absolute atomic E-state index is 12.3. The maximum atomic E-state index is 12.3. The third-order valence-electron chi connectivity index (χ3n) is 3.56. The van der Waals surface area contributed by atoms with Gasteiger partial charge in [-0.25, -0.2) is 0 Å². The Morgan fingerprint density at radius 3 is 2.55 bits per heavy atom. The Hall–Kier alpha value is -1.11. The Morgan fingerprint density at radius 2 is 1.95 bits per heavy atom. The first kappa shape index (κ1) is 15.3. The van der Waals surface area contributed by atoms with Crippen LogP contribution in [0.5, 0.6) is 0 Å². The highest BCUT2D eigenvalue weighted by molar-refractivity contribution is 7.90. The fraction of sp³-hybridized carbons (Fsp3) is 0.571. The summed E-state index contributed by atoms with van der Waals surface area (Å²) < 4.78 is 28.7. The van der Waals surface area contributed by atoms with E-state index in [-0.39, 0.29) is 12.1 Å². The molecule has 0 saturated heterocycles. The molecule has 1 unspecified atom stereocenters. The molecule has 0 saturated carbocycles. The fourth-order valence-corrected chi connectivity index (χ4v) is 3.93.